The van der Waals surface area contributed by atoms with Gasteiger partial charge in [-0.1, -0.05) is 24.7 Å². The first-order valence-electron chi connectivity index (χ1n) is 4.96. The Kier molecular flexibility index (Phi) is 2.52. The average Bonchev–Trinajstić information content (AvgIpc) is 1.94. The SMILES string of the molecule is CC1(C)C#CC(C)(C)CCCC1. The summed E-state index contributed by atoms with van der Waals surface area (Å²) in [6, 6.07) is 0. The molecule has 0 amide bonds. The quantitative estimate of drug-likeness (QED) is 0.480. The lowest BCUT2D eigenvalue weighted by atomic mass is 9.79. The lowest BCUT2D eigenvalue weighted by molar-refractivity contribution is 0.366. The normalized spacial score (nSPS) is 26.3. The second kappa shape index (κ2) is 3.13. The molecule has 68 valence electrons. The largest absolute Gasteiger partial charge is 0.0965 e. The van der Waals surface area contributed by atoms with Gasteiger partial charge >= 0.3 is 0 Å². The summed E-state index contributed by atoms with van der Waals surface area (Å²) in [5, 5.41) is 0. The zero-order chi connectivity index (χ0) is 9.24. The molecule has 0 aromatic carbocycles. The second-order valence-electron chi connectivity index (χ2n) is 5.22. The third-order valence-corrected chi connectivity index (χ3v) is 2.59. The van der Waals surface area contributed by atoms with Crippen LogP contribution in [0, 0.1) is 22.7 Å². The lowest BCUT2D eigenvalue weighted by Gasteiger charge is -2.25. The van der Waals surface area contributed by atoms with Crippen molar-refractivity contribution in [3.05, 3.63) is 0 Å². The summed E-state index contributed by atoms with van der Waals surface area (Å²) in [5.74, 6) is 6.80. The first-order valence-corrected chi connectivity index (χ1v) is 4.96. The average molecular weight is 164 g/mol. The first-order chi connectivity index (χ1) is 5.41. The highest BCUT2D eigenvalue weighted by atomic mass is 14.2. The number of hydrogen-bond acceptors (Lipinski definition) is 0. The molecule has 12 heavy (non-hydrogen) atoms. The maximum atomic E-state index is 3.40. The van der Waals surface area contributed by atoms with Gasteiger partial charge in [-0.2, -0.15) is 0 Å². The van der Waals surface area contributed by atoms with Crippen molar-refractivity contribution in [1.82, 2.24) is 0 Å². The van der Waals surface area contributed by atoms with E-state index in [2.05, 4.69) is 39.5 Å². The van der Waals surface area contributed by atoms with Gasteiger partial charge in [-0.15, -0.1) is 0 Å². The van der Waals surface area contributed by atoms with Gasteiger partial charge in [0.05, 0.1) is 0 Å². The first kappa shape index (κ1) is 9.65. The van der Waals surface area contributed by atoms with Gasteiger partial charge in [-0.25, -0.2) is 0 Å². The van der Waals surface area contributed by atoms with Crippen LogP contribution >= 0.6 is 0 Å². The molecule has 0 aromatic heterocycles. The van der Waals surface area contributed by atoms with Crippen molar-refractivity contribution in [3.63, 3.8) is 0 Å². The highest BCUT2D eigenvalue weighted by molar-refractivity contribution is 5.15. The van der Waals surface area contributed by atoms with Gasteiger partial charge in [0.1, 0.15) is 0 Å². The van der Waals surface area contributed by atoms with Crippen molar-refractivity contribution in [2.24, 2.45) is 10.8 Å². The van der Waals surface area contributed by atoms with Crippen LogP contribution in [0.4, 0.5) is 0 Å². The van der Waals surface area contributed by atoms with Crippen molar-refractivity contribution in [1.29, 1.82) is 0 Å². The summed E-state index contributed by atoms with van der Waals surface area (Å²) >= 11 is 0. The molecular formula is C12H20. The van der Waals surface area contributed by atoms with E-state index in [0.29, 0.717) is 0 Å². The summed E-state index contributed by atoms with van der Waals surface area (Å²) < 4.78 is 0. The summed E-state index contributed by atoms with van der Waals surface area (Å²) in [6.45, 7) is 9.01. The van der Waals surface area contributed by atoms with Crippen LogP contribution in [-0.2, 0) is 0 Å². The molecule has 0 saturated carbocycles. The highest BCUT2D eigenvalue weighted by Gasteiger charge is 2.20. The zero-order valence-electron chi connectivity index (χ0n) is 8.83. The number of hydrogen-bond donors (Lipinski definition) is 0. The Hall–Kier alpha value is -0.440. The van der Waals surface area contributed by atoms with E-state index in [-0.39, 0.29) is 10.8 Å². The second-order valence-corrected chi connectivity index (χ2v) is 5.22. The molecule has 0 N–H and O–H groups in total. The Morgan fingerprint density at radius 3 is 1.42 bits per heavy atom. The van der Waals surface area contributed by atoms with Crippen molar-refractivity contribution in [2.45, 2.75) is 53.4 Å². The molecule has 1 rings (SSSR count). The summed E-state index contributed by atoms with van der Waals surface area (Å²) in [6.07, 6.45) is 5.20. The molecule has 0 unspecified atom stereocenters. The fraction of sp³-hybridized carbons (Fsp3) is 0.833. The molecule has 0 aliphatic heterocycles. The number of rotatable bonds is 0. The maximum Gasteiger partial charge on any atom is 0.0258 e. The van der Waals surface area contributed by atoms with E-state index < -0.39 is 0 Å². The van der Waals surface area contributed by atoms with Gasteiger partial charge < -0.3 is 0 Å². The van der Waals surface area contributed by atoms with Crippen molar-refractivity contribution in [2.75, 3.05) is 0 Å². The fourth-order valence-corrected chi connectivity index (χ4v) is 1.60. The van der Waals surface area contributed by atoms with Crippen LogP contribution in [0.3, 0.4) is 0 Å². The van der Waals surface area contributed by atoms with E-state index in [9.17, 15) is 0 Å². The monoisotopic (exact) mass is 164 g/mol. The van der Waals surface area contributed by atoms with Gasteiger partial charge in [-0.3, -0.25) is 0 Å². The smallest absolute Gasteiger partial charge is 0.0258 e. The standard InChI is InChI=1S/C12H20/c1-11(2)7-5-6-8-12(3,4)10-9-11/h5-8H2,1-4H3. The molecule has 0 fully saturated rings. The third kappa shape index (κ3) is 2.89. The Labute approximate surface area is 76.7 Å². The molecule has 0 saturated heterocycles. The topological polar surface area (TPSA) is 0 Å². The van der Waals surface area contributed by atoms with E-state index in [1.165, 1.54) is 25.7 Å². The Morgan fingerprint density at radius 2 is 1.08 bits per heavy atom. The predicted molar refractivity (Wildman–Crippen MR) is 53.8 cm³/mol. The van der Waals surface area contributed by atoms with Gasteiger partial charge in [0.2, 0.25) is 0 Å². The van der Waals surface area contributed by atoms with Crippen LogP contribution in [0.25, 0.3) is 0 Å². The molecule has 1 aliphatic rings. The van der Waals surface area contributed by atoms with Crippen LogP contribution in [-0.4, -0.2) is 0 Å². The zero-order valence-corrected chi connectivity index (χ0v) is 8.83. The van der Waals surface area contributed by atoms with Gasteiger partial charge in [0.25, 0.3) is 0 Å². The molecule has 1 aliphatic carbocycles. The molecule has 0 nitrogen and oxygen atoms in total. The van der Waals surface area contributed by atoms with E-state index >= 15 is 0 Å². The maximum absolute atomic E-state index is 3.40. The van der Waals surface area contributed by atoms with Gasteiger partial charge in [0.15, 0.2) is 0 Å². The Bertz CT molecular complexity index is 188. The summed E-state index contributed by atoms with van der Waals surface area (Å²) in [7, 11) is 0. The molecule has 0 radical (unpaired) electrons. The predicted octanol–water partition coefficient (Wildman–Crippen LogP) is 3.62. The van der Waals surface area contributed by atoms with E-state index in [4.69, 9.17) is 0 Å². The molecule has 0 bridgehead atoms. The molecule has 0 heteroatoms. The molecule has 0 spiro atoms. The minimum atomic E-state index is 0.248. The van der Waals surface area contributed by atoms with E-state index in [1.54, 1.807) is 0 Å². The van der Waals surface area contributed by atoms with Crippen LogP contribution < -0.4 is 0 Å². The van der Waals surface area contributed by atoms with Crippen LogP contribution in [0.2, 0.25) is 0 Å². The third-order valence-electron chi connectivity index (χ3n) is 2.59. The van der Waals surface area contributed by atoms with Crippen LogP contribution in [0.15, 0.2) is 0 Å². The minimum absolute atomic E-state index is 0.248. The summed E-state index contributed by atoms with van der Waals surface area (Å²) in [5.41, 5.74) is 0.495. The van der Waals surface area contributed by atoms with Gasteiger partial charge in [-0.05, 0) is 40.5 Å². The van der Waals surface area contributed by atoms with E-state index in [1.807, 2.05) is 0 Å². The van der Waals surface area contributed by atoms with Crippen molar-refractivity contribution in [3.8, 4) is 11.8 Å². The highest BCUT2D eigenvalue weighted by Crippen LogP contribution is 2.30. The molecule has 0 heterocycles. The van der Waals surface area contributed by atoms with Crippen LogP contribution in [0.5, 0.6) is 0 Å². The van der Waals surface area contributed by atoms with Crippen molar-refractivity contribution < 1.29 is 0 Å². The molecule has 0 atom stereocenters. The van der Waals surface area contributed by atoms with E-state index in [0.717, 1.165) is 0 Å². The fourth-order valence-electron chi connectivity index (χ4n) is 1.60. The van der Waals surface area contributed by atoms with Crippen molar-refractivity contribution >= 4 is 0 Å². The molecular weight excluding hydrogens is 144 g/mol. The minimum Gasteiger partial charge on any atom is -0.0965 e. The Morgan fingerprint density at radius 1 is 0.750 bits per heavy atom. The van der Waals surface area contributed by atoms with Crippen LogP contribution in [0.1, 0.15) is 53.4 Å². The molecule has 0 aromatic rings. The van der Waals surface area contributed by atoms with Gasteiger partial charge in [0, 0.05) is 10.8 Å². The Balaban J connectivity index is 2.80. The lowest BCUT2D eigenvalue weighted by Crippen LogP contribution is -2.15. The summed E-state index contributed by atoms with van der Waals surface area (Å²) in [4.78, 5) is 0.